The molecule has 0 aliphatic heterocycles. The second-order valence-corrected chi connectivity index (χ2v) is 6.53. The number of hydrogen-bond acceptors (Lipinski definition) is 5. The third-order valence-corrected chi connectivity index (χ3v) is 4.14. The first-order chi connectivity index (χ1) is 11.8. The molecular weight excluding hydrogens is 342 g/mol. The summed E-state index contributed by atoms with van der Waals surface area (Å²) in [6.07, 6.45) is 1.43. The number of sulfonamides is 1. The lowest BCUT2D eigenvalue weighted by Crippen LogP contribution is -2.14. The third-order valence-electron chi connectivity index (χ3n) is 3.21. The number of hydrogen-bond donors (Lipinski definition) is 2. The van der Waals surface area contributed by atoms with Gasteiger partial charge in [-0.25, -0.2) is 13.6 Å². The lowest BCUT2D eigenvalue weighted by Gasteiger charge is -2.06. The molecule has 0 aliphatic carbocycles. The van der Waals surface area contributed by atoms with E-state index in [4.69, 9.17) is 9.88 Å². The van der Waals surface area contributed by atoms with Crippen LogP contribution in [0.4, 0.5) is 5.69 Å². The maximum atomic E-state index is 12.2. The lowest BCUT2D eigenvalue weighted by molar-refractivity contribution is -0.112. The Bertz CT molecular complexity index is 958. The van der Waals surface area contributed by atoms with Crippen LogP contribution in [0.15, 0.2) is 59.0 Å². The summed E-state index contributed by atoms with van der Waals surface area (Å²) in [4.78, 5) is 12.1. The predicted molar refractivity (Wildman–Crippen MR) is 93.0 cm³/mol. The average Bonchev–Trinajstić information content (AvgIpc) is 2.59. The van der Waals surface area contributed by atoms with Crippen LogP contribution in [0.2, 0.25) is 0 Å². The molecule has 1 amide bonds. The Morgan fingerprint density at radius 3 is 2.48 bits per heavy atom. The van der Waals surface area contributed by atoms with Crippen molar-refractivity contribution in [2.45, 2.75) is 4.90 Å². The number of amides is 1. The van der Waals surface area contributed by atoms with Crippen molar-refractivity contribution in [2.24, 2.45) is 5.14 Å². The smallest absolute Gasteiger partial charge is 0.266 e. The minimum atomic E-state index is -3.80. The van der Waals surface area contributed by atoms with Crippen molar-refractivity contribution < 1.29 is 17.9 Å². The highest BCUT2D eigenvalue weighted by atomic mass is 32.2. The van der Waals surface area contributed by atoms with E-state index in [9.17, 15) is 18.5 Å². The normalized spacial score (nSPS) is 11.5. The molecule has 0 aromatic heterocycles. The summed E-state index contributed by atoms with van der Waals surface area (Å²) >= 11 is 0. The van der Waals surface area contributed by atoms with E-state index < -0.39 is 15.9 Å². The van der Waals surface area contributed by atoms with Crippen molar-refractivity contribution in [2.75, 3.05) is 12.4 Å². The van der Waals surface area contributed by atoms with Crippen molar-refractivity contribution in [3.05, 3.63) is 59.7 Å². The Kier molecular flexibility index (Phi) is 5.54. The van der Waals surface area contributed by atoms with Gasteiger partial charge < -0.3 is 10.1 Å². The van der Waals surface area contributed by atoms with Crippen molar-refractivity contribution in [1.82, 2.24) is 0 Å². The molecule has 2 aromatic carbocycles. The van der Waals surface area contributed by atoms with Gasteiger partial charge in [-0.2, -0.15) is 5.26 Å². The standard InChI is InChI=1S/C17H15N3O4S/c1-24-15-4-2-3-12(10-15)9-13(11-18)17(21)20-14-5-7-16(8-6-14)25(19,22)23/h2-10H,1H3,(H,20,21)(H2,19,22,23). The van der Waals surface area contributed by atoms with Gasteiger partial charge in [-0.15, -0.1) is 0 Å². The number of nitrogens with zero attached hydrogens (tertiary/aromatic N) is 1. The Balaban J connectivity index is 2.20. The van der Waals surface area contributed by atoms with Gasteiger partial charge >= 0.3 is 0 Å². The summed E-state index contributed by atoms with van der Waals surface area (Å²) < 4.78 is 27.5. The summed E-state index contributed by atoms with van der Waals surface area (Å²) in [6, 6.07) is 14.0. The predicted octanol–water partition coefficient (Wildman–Crippen LogP) is 1.89. The fourth-order valence-corrected chi connectivity index (χ4v) is 2.49. The molecule has 3 N–H and O–H groups in total. The Morgan fingerprint density at radius 1 is 1.24 bits per heavy atom. The number of nitrogens with one attached hydrogen (secondary N) is 1. The molecule has 0 saturated heterocycles. The molecule has 0 bridgehead atoms. The van der Waals surface area contributed by atoms with Crippen LogP contribution in [0.3, 0.4) is 0 Å². The minimum Gasteiger partial charge on any atom is -0.497 e. The number of primary sulfonamides is 1. The molecule has 8 heteroatoms. The van der Waals surface area contributed by atoms with Gasteiger partial charge in [-0.1, -0.05) is 12.1 Å². The Morgan fingerprint density at radius 2 is 1.92 bits per heavy atom. The summed E-state index contributed by atoms with van der Waals surface area (Å²) in [5.74, 6) is -0.0151. The molecule has 0 spiro atoms. The van der Waals surface area contributed by atoms with Gasteiger partial charge in [0.1, 0.15) is 17.4 Å². The molecule has 0 saturated carbocycles. The summed E-state index contributed by atoms with van der Waals surface area (Å²) in [5.41, 5.74) is 0.864. The Labute approximate surface area is 145 Å². The zero-order chi connectivity index (χ0) is 18.4. The van der Waals surface area contributed by atoms with E-state index >= 15 is 0 Å². The van der Waals surface area contributed by atoms with Gasteiger partial charge in [0.15, 0.2) is 0 Å². The highest BCUT2D eigenvalue weighted by molar-refractivity contribution is 7.89. The topological polar surface area (TPSA) is 122 Å². The number of carbonyl (C=O) groups is 1. The van der Waals surface area contributed by atoms with E-state index in [1.165, 1.54) is 37.5 Å². The fourth-order valence-electron chi connectivity index (χ4n) is 1.97. The number of benzene rings is 2. The van der Waals surface area contributed by atoms with Gasteiger partial charge in [0.2, 0.25) is 10.0 Å². The minimum absolute atomic E-state index is 0.0714. The zero-order valence-corrected chi connectivity index (χ0v) is 14.1. The van der Waals surface area contributed by atoms with Crippen LogP contribution in [0, 0.1) is 11.3 Å². The molecule has 0 radical (unpaired) electrons. The molecule has 7 nitrogen and oxygen atoms in total. The van der Waals surface area contributed by atoms with Gasteiger partial charge in [0, 0.05) is 5.69 Å². The van der Waals surface area contributed by atoms with Crippen molar-refractivity contribution >= 4 is 27.7 Å². The van der Waals surface area contributed by atoms with E-state index in [0.717, 1.165) is 0 Å². The van der Waals surface area contributed by atoms with Crippen molar-refractivity contribution in [3.63, 3.8) is 0 Å². The molecule has 0 fully saturated rings. The zero-order valence-electron chi connectivity index (χ0n) is 13.3. The maximum absolute atomic E-state index is 12.2. The van der Waals surface area contributed by atoms with Crippen molar-refractivity contribution in [3.8, 4) is 11.8 Å². The number of rotatable bonds is 5. The molecule has 0 heterocycles. The quantitative estimate of drug-likeness (QED) is 0.625. The molecule has 2 aromatic rings. The van der Waals surface area contributed by atoms with E-state index in [1.54, 1.807) is 24.3 Å². The molecule has 0 unspecified atom stereocenters. The van der Waals surface area contributed by atoms with Crippen LogP contribution in [0.1, 0.15) is 5.56 Å². The second kappa shape index (κ2) is 7.61. The first kappa shape index (κ1) is 18.2. The molecule has 0 atom stereocenters. The first-order valence-electron chi connectivity index (χ1n) is 7.03. The summed E-state index contributed by atoms with van der Waals surface area (Å²) in [5, 5.41) is 16.7. The molecule has 2 rings (SSSR count). The average molecular weight is 357 g/mol. The van der Waals surface area contributed by atoms with E-state index in [2.05, 4.69) is 5.32 Å². The van der Waals surface area contributed by atoms with Crippen LogP contribution in [0.25, 0.3) is 6.08 Å². The maximum Gasteiger partial charge on any atom is 0.266 e. The molecule has 0 aliphatic rings. The molecule has 128 valence electrons. The van der Waals surface area contributed by atoms with E-state index in [0.29, 0.717) is 17.0 Å². The van der Waals surface area contributed by atoms with Crippen LogP contribution in [-0.2, 0) is 14.8 Å². The van der Waals surface area contributed by atoms with Crippen LogP contribution >= 0.6 is 0 Å². The SMILES string of the molecule is COc1cccc(C=C(C#N)C(=O)Nc2ccc(S(N)(=O)=O)cc2)c1. The summed E-state index contributed by atoms with van der Waals surface area (Å²) in [7, 11) is -2.28. The second-order valence-electron chi connectivity index (χ2n) is 4.97. The number of carbonyl (C=O) groups excluding carboxylic acids is 1. The van der Waals surface area contributed by atoms with Gasteiger partial charge in [0.25, 0.3) is 5.91 Å². The highest BCUT2D eigenvalue weighted by Gasteiger charge is 2.11. The lowest BCUT2D eigenvalue weighted by atomic mass is 10.1. The number of nitriles is 1. The fraction of sp³-hybridized carbons (Fsp3) is 0.0588. The van der Waals surface area contributed by atoms with Gasteiger partial charge in [-0.05, 0) is 48.0 Å². The number of nitrogens with two attached hydrogens (primary N) is 1. The first-order valence-corrected chi connectivity index (χ1v) is 8.58. The van der Waals surface area contributed by atoms with Gasteiger partial charge in [-0.3, -0.25) is 4.79 Å². The van der Waals surface area contributed by atoms with Crippen LogP contribution in [0.5, 0.6) is 5.75 Å². The highest BCUT2D eigenvalue weighted by Crippen LogP contribution is 2.17. The Hall–Kier alpha value is -3.15. The molecular formula is C17H15N3O4S. The third kappa shape index (κ3) is 4.91. The summed E-state index contributed by atoms with van der Waals surface area (Å²) in [6.45, 7) is 0. The monoisotopic (exact) mass is 357 g/mol. The van der Waals surface area contributed by atoms with E-state index in [-0.39, 0.29) is 10.5 Å². The molecule has 25 heavy (non-hydrogen) atoms. The van der Waals surface area contributed by atoms with Gasteiger partial charge in [0.05, 0.1) is 12.0 Å². The number of anilines is 1. The number of ether oxygens (including phenoxy) is 1. The largest absolute Gasteiger partial charge is 0.497 e. The number of methoxy groups -OCH3 is 1. The van der Waals surface area contributed by atoms with Crippen LogP contribution < -0.4 is 15.2 Å². The van der Waals surface area contributed by atoms with Crippen LogP contribution in [-0.4, -0.2) is 21.4 Å². The van der Waals surface area contributed by atoms with E-state index in [1.807, 2.05) is 6.07 Å². The van der Waals surface area contributed by atoms with Crippen molar-refractivity contribution in [1.29, 1.82) is 5.26 Å².